The number of terminal acetylenes is 1. The summed E-state index contributed by atoms with van der Waals surface area (Å²) in [5.41, 5.74) is 9.69. The summed E-state index contributed by atoms with van der Waals surface area (Å²) >= 11 is 0. The second kappa shape index (κ2) is 12.8. The van der Waals surface area contributed by atoms with Crippen molar-refractivity contribution in [2.75, 3.05) is 28.2 Å². The molecule has 0 bridgehead atoms. The zero-order valence-electron chi connectivity index (χ0n) is 19.5. The Morgan fingerprint density at radius 1 is 1.00 bits per heavy atom. The number of rotatable bonds is 2. The van der Waals surface area contributed by atoms with Gasteiger partial charge < -0.3 is 0 Å². The van der Waals surface area contributed by atoms with Gasteiger partial charge in [-0.25, -0.2) is 0 Å². The van der Waals surface area contributed by atoms with Crippen molar-refractivity contribution in [3.63, 3.8) is 0 Å². The van der Waals surface area contributed by atoms with E-state index < -0.39 is 7.81 Å². The van der Waals surface area contributed by atoms with Crippen LogP contribution in [-0.2, 0) is 0 Å². The molecule has 0 aromatic carbocycles. The molecule has 0 unspecified atom stereocenters. The molecule has 0 saturated carbocycles. The fraction of sp³-hybridized carbons (Fsp3) is 0.600. The van der Waals surface area contributed by atoms with Crippen molar-refractivity contribution < 1.29 is 25.2 Å². The molecule has 0 atom stereocenters. The fourth-order valence-electron chi connectivity index (χ4n) is 3.03. The third-order valence-corrected chi connectivity index (χ3v) is 4.28. The van der Waals surface area contributed by atoms with Gasteiger partial charge in [-0.15, -0.1) is 12.0 Å². The molecule has 0 fully saturated rings. The Hall–Kier alpha value is -2.25. The summed E-state index contributed by atoms with van der Waals surface area (Å²) in [5, 5.41) is 10.8. The van der Waals surface area contributed by atoms with Crippen molar-refractivity contribution >= 4 is 7.81 Å². The van der Waals surface area contributed by atoms with Crippen LogP contribution in [-0.4, -0.2) is 38.2 Å². The van der Waals surface area contributed by atoms with Crippen LogP contribution >= 0.6 is 7.81 Å². The fourth-order valence-corrected chi connectivity index (χ4v) is 3.03. The molecule has 13 heteroatoms. The van der Waals surface area contributed by atoms with Gasteiger partial charge in [0.1, 0.15) is 0 Å². The monoisotopic (exact) mass is 503 g/mol. The topological polar surface area (TPSA) is 55.3 Å². The predicted octanol–water partition coefficient (Wildman–Crippen LogP) is 7.33. The number of hydrazine groups is 2. The number of allylic oxidation sites excluding steroid dienone is 4. The van der Waals surface area contributed by atoms with E-state index in [9.17, 15) is 25.2 Å². The minimum atomic E-state index is -10.7. The van der Waals surface area contributed by atoms with Gasteiger partial charge in [0.15, 0.2) is 0 Å². The first kappa shape index (κ1) is 30.8. The van der Waals surface area contributed by atoms with Crippen molar-refractivity contribution in [3.8, 4) is 12.3 Å². The Bertz CT molecular complexity index is 757. The molecule has 3 rings (SSSR count). The summed E-state index contributed by atoms with van der Waals surface area (Å²) < 4.78 is 59.2. The Labute approximate surface area is 192 Å². The van der Waals surface area contributed by atoms with Crippen molar-refractivity contribution in [3.05, 3.63) is 35.2 Å². The first-order valence-corrected chi connectivity index (χ1v) is 12.4. The van der Waals surface area contributed by atoms with E-state index in [0.29, 0.717) is 0 Å². The van der Waals surface area contributed by atoms with Crippen LogP contribution in [0.3, 0.4) is 0 Å². The molecule has 6 nitrogen and oxygen atoms in total. The summed E-state index contributed by atoms with van der Waals surface area (Å²) in [5.74, 6) is 2.66. The van der Waals surface area contributed by atoms with Gasteiger partial charge in [0.25, 0.3) is 0 Å². The number of nitrogens with zero attached hydrogens (tertiary/aromatic N) is 4. The van der Waals surface area contributed by atoms with Gasteiger partial charge in [0, 0.05) is 27.3 Å². The van der Waals surface area contributed by atoms with Crippen LogP contribution < -0.4 is 11.0 Å². The third-order valence-electron chi connectivity index (χ3n) is 4.28. The summed E-state index contributed by atoms with van der Waals surface area (Å²) in [7, 11) is -3.27. The molecule has 2 N–H and O–H groups in total. The number of halogens is 6. The average molecular weight is 503 g/mol. The van der Waals surface area contributed by atoms with Gasteiger partial charge in [-0.1, -0.05) is 23.3 Å². The van der Waals surface area contributed by atoms with Crippen molar-refractivity contribution in [1.29, 1.82) is 0 Å². The quantitative estimate of drug-likeness (QED) is 0.136. The molecule has 0 amide bonds. The van der Waals surface area contributed by atoms with Crippen LogP contribution in [0.4, 0.5) is 25.2 Å². The van der Waals surface area contributed by atoms with E-state index in [4.69, 9.17) is 6.42 Å². The molecule has 3 aliphatic rings. The van der Waals surface area contributed by atoms with E-state index in [1.807, 2.05) is 12.1 Å². The maximum atomic E-state index is 9.87. The van der Waals surface area contributed by atoms with Gasteiger partial charge in [-0.2, -0.15) is 5.11 Å². The number of hydrogen-bond acceptors (Lipinski definition) is 5. The second-order valence-corrected chi connectivity index (χ2v) is 9.28. The summed E-state index contributed by atoms with van der Waals surface area (Å²) in [6.45, 7) is 0. The molecule has 0 radical (unpaired) electrons. The third kappa shape index (κ3) is 20.1. The molecule has 192 valence electrons. The Morgan fingerprint density at radius 2 is 1.55 bits per heavy atom. The SMILES string of the molecule is C#CC1=CCCCC1.CN1C=C(C2=CCCCC2)N(C)N1.CN=NNC.F[P-](F)(F)(F)(F)F. The summed E-state index contributed by atoms with van der Waals surface area (Å²) in [4.78, 5) is 0. The summed E-state index contributed by atoms with van der Waals surface area (Å²) in [6, 6.07) is 0. The molecule has 1 aliphatic heterocycles. The standard InChI is InChI=1S/C10H17N3.C8H10.C2H7N3.F6P/c1-12-8-10(13(2)11-12)9-6-4-3-5-7-9;1-2-8-6-4-3-5-7-8;1-3-5-4-2;1-7(2,3,4,5)6/h6,8,11H,3-5,7H2,1-2H3;1,6H,3-5,7H2;1-2H3,(H,3,4);/q;;;-1. The predicted molar refractivity (Wildman–Crippen MR) is 122 cm³/mol. The van der Waals surface area contributed by atoms with E-state index in [1.54, 1.807) is 14.1 Å². The van der Waals surface area contributed by atoms with Crippen LogP contribution in [0.1, 0.15) is 51.4 Å². The van der Waals surface area contributed by atoms with E-state index in [-0.39, 0.29) is 0 Å². The van der Waals surface area contributed by atoms with Crippen molar-refractivity contribution in [2.24, 2.45) is 10.3 Å². The van der Waals surface area contributed by atoms with Crippen LogP contribution in [0.15, 0.2) is 45.5 Å². The zero-order chi connectivity index (χ0) is 25.6. The zero-order valence-corrected chi connectivity index (χ0v) is 20.4. The first-order valence-electron chi connectivity index (χ1n) is 10.4. The van der Waals surface area contributed by atoms with Crippen LogP contribution in [0.5, 0.6) is 0 Å². The number of hydrogen-bond donors (Lipinski definition) is 2. The maximum absolute atomic E-state index is 10.7. The second-order valence-electron chi connectivity index (χ2n) is 7.36. The Balaban J connectivity index is 0.000000446. The first-order chi connectivity index (χ1) is 15.1. The Kier molecular flexibility index (Phi) is 12.0. The average Bonchev–Trinajstić information content (AvgIpc) is 3.06. The molecule has 2 aliphatic carbocycles. The molecule has 0 saturated heterocycles. The molecule has 0 aromatic rings. The van der Waals surface area contributed by atoms with E-state index in [2.05, 4.69) is 57.6 Å². The van der Waals surface area contributed by atoms with Crippen molar-refractivity contribution in [1.82, 2.24) is 21.0 Å². The molecule has 1 heterocycles. The number of nitrogens with one attached hydrogen (secondary N) is 2. The molecular formula is C20H34F6N6P-. The van der Waals surface area contributed by atoms with E-state index in [0.717, 1.165) is 6.42 Å². The Morgan fingerprint density at radius 3 is 1.82 bits per heavy atom. The van der Waals surface area contributed by atoms with Crippen LogP contribution in [0.25, 0.3) is 0 Å². The molecule has 33 heavy (non-hydrogen) atoms. The normalized spacial score (nSPS) is 20.1. The number of likely N-dealkylation sites (N-methyl/N-ethyl adjacent to an activating group) is 1. The molecule has 0 spiro atoms. The van der Waals surface area contributed by atoms with Crippen molar-refractivity contribution in [2.45, 2.75) is 51.4 Å². The minimum absolute atomic E-state index is 1.14. The van der Waals surface area contributed by atoms with E-state index >= 15 is 0 Å². The van der Waals surface area contributed by atoms with Gasteiger partial charge in [-0.3, -0.25) is 15.4 Å². The van der Waals surface area contributed by atoms with Gasteiger partial charge in [0.05, 0.1) is 12.7 Å². The molecular weight excluding hydrogens is 469 g/mol. The van der Waals surface area contributed by atoms with Gasteiger partial charge in [0.2, 0.25) is 0 Å². The van der Waals surface area contributed by atoms with E-state index in [1.165, 1.54) is 61.8 Å². The van der Waals surface area contributed by atoms with Crippen LogP contribution in [0.2, 0.25) is 0 Å². The summed E-state index contributed by atoms with van der Waals surface area (Å²) in [6.07, 6.45) is 22.0. The molecule has 0 aromatic heterocycles. The van der Waals surface area contributed by atoms with Crippen LogP contribution in [0, 0.1) is 12.3 Å². The van der Waals surface area contributed by atoms with Gasteiger partial charge in [-0.05, 0) is 62.5 Å². The van der Waals surface area contributed by atoms with Gasteiger partial charge >= 0.3 is 33.0 Å².